The molecule has 0 atom stereocenters. The summed E-state index contributed by atoms with van der Waals surface area (Å²) in [7, 11) is 1.64. The van der Waals surface area contributed by atoms with Gasteiger partial charge in [-0.25, -0.2) is 4.68 Å². The van der Waals surface area contributed by atoms with Crippen LogP contribution < -0.4 is 10.6 Å². The van der Waals surface area contributed by atoms with Crippen molar-refractivity contribution in [2.45, 2.75) is 5.54 Å². The molecule has 114 valence electrons. The summed E-state index contributed by atoms with van der Waals surface area (Å²) in [5, 5.41) is 37.5. The van der Waals surface area contributed by atoms with Crippen molar-refractivity contribution in [2.75, 3.05) is 37.5 Å². The van der Waals surface area contributed by atoms with Gasteiger partial charge in [-0.15, -0.1) is 0 Å². The maximum Gasteiger partial charge on any atom is 0.257 e. The van der Waals surface area contributed by atoms with E-state index in [4.69, 9.17) is 0 Å². The molecule has 0 aliphatic carbocycles. The van der Waals surface area contributed by atoms with E-state index in [9.17, 15) is 15.3 Å². The summed E-state index contributed by atoms with van der Waals surface area (Å²) < 4.78 is 1.44. The summed E-state index contributed by atoms with van der Waals surface area (Å²) in [6.45, 7) is -1.47. The molecule has 0 fully saturated rings. The van der Waals surface area contributed by atoms with Gasteiger partial charge < -0.3 is 26.0 Å². The minimum atomic E-state index is -1.33. The lowest BCUT2D eigenvalue weighted by atomic mass is 10.0. The molecule has 0 aliphatic rings. The summed E-state index contributed by atoms with van der Waals surface area (Å²) in [5.74, 6) is 0.627. The molecule has 2 aromatic heterocycles. The first-order valence-electron chi connectivity index (χ1n) is 6.21. The van der Waals surface area contributed by atoms with Crippen LogP contribution in [0.25, 0.3) is 5.95 Å². The van der Waals surface area contributed by atoms with Gasteiger partial charge in [-0.1, -0.05) is 0 Å². The molecule has 0 bridgehead atoms. The zero-order valence-electron chi connectivity index (χ0n) is 11.4. The van der Waals surface area contributed by atoms with E-state index in [0.717, 1.165) is 0 Å². The highest BCUT2D eigenvalue weighted by atomic mass is 16.3. The van der Waals surface area contributed by atoms with Crippen LogP contribution in [0.4, 0.5) is 11.9 Å². The van der Waals surface area contributed by atoms with Gasteiger partial charge in [-0.05, 0) is 6.07 Å². The highest BCUT2D eigenvalue weighted by molar-refractivity contribution is 5.39. The molecule has 0 aliphatic heterocycles. The summed E-state index contributed by atoms with van der Waals surface area (Å²) >= 11 is 0. The molecule has 0 radical (unpaired) electrons. The summed E-state index contributed by atoms with van der Waals surface area (Å²) in [6, 6.07) is 1.72. The molecule has 2 heterocycles. The number of hydrogen-bond donors (Lipinski definition) is 5. The van der Waals surface area contributed by atoms with E-state index in [1.54, 1.807) is 25.5 Å². The number of nitrogens with one attached hydrogen (secondary N) is 2. The molecule has 0 aromatic carbocycles. The predicted molar refractivity (Wildman–Crippen MR) is 74.1 cm³/mol. The van der Waals surface area contributed by atoms with Gasteiger partial charge in [0.25, 0.3) is 5.95 Å². The van der Waals surface area contributed by atoms with Gasteiger partial charge in [0.15, 0.2) is 0 Å². The largest absolute Gasteiger partial charge is 0.394 e. The van der Waals surface area contributed by atoms with Crippen molar-refractivity contribution in [3.8, 4) is 5.95 Å². The first-order valence-corrected chi connectivity index (χ1v) is 6.21. The lowest BCUT2D eigenvalue weighted by Gasteiger charge is -2.28. The molecule has 0 unspecified atom stereocenters. The van der Waals surface area contributed by atoms with Crippen molar-refractivity contribution < 1.29 is 15.3 Å². The third-order valence-corrected chi connectivity index (χ3v) is 2.84. The fourth-order valence-electron chi connectivity index (χ4n) is 1.53. The van der Waals surface area contributed by atoms with Gasteiger partial charge in [0.05, 0.1) is 19.8 Å². The van der Waals surface area contributed by atoms with E-state index in [1.807, 2.05) is 0 Å². The molecule has 2 aromatic rings. The minimum Gasteiger partial charge on any atom is -0.394 e. The van der Waals surface area contributed by atoms with Gasteiger partial charge in [0.1, 0.15) is 5.54 Å². The van der Waals surface area contributed by atoms with E-state index < -0.39 is 25.4 Å². The molecule has 2 rings (SSSR count). The summed E-state index contributed by atoms with van der Waals surface area (Å²) in [4.78, 5) is 12.4. The monoisotopic (exact) mass is 295 g/mol. The Hall–Kier alpha value is -2.30. The molecule has 5 N–H and O–H groups in total. The predicted octanol–water partition coefficient (Wildman–Crippen LogP) is -1.77. The van der Waals surface area contributed by atoms with E-state index in [2.05, 4.69) is 30.7 Å². The number of aromatic nitrogens is 5. The summed E-state index contributed by atoms with van der Waals surface area (Å²) in [6.07, 6.45) is 3.24. The Morgan fingerprint density at radius 1 is 1.10 bits per heavy atom. The minimum absolute atomic E-state index is 0.0944. The van der Waals surface area contributed by atoms with Crippen molar-refractivity contribution >= 4 is 11.9 Å². The maximum atomic E-state index is 9.33. The first-order chi connectivity index (χ1) is 10.2. The van der Waals surface area contributed by atoms with Crippen molar-refractivity contribution in [2.24, 2.45) is 0 Å². The van der Waals surface area contributed by atoms with Crippen molar-refractivity contribution in [1.29, 1.82) is 0 Å². The van der Waals surface area contributed by atoms with Crippen molar-refractivity contribution in [1.82, 2.24) is 24.7 Å². The van der Waals surface area contributed by atoms with E-state index in [1.165, 1.54) is 4.68 Å². The van der Waals surface area contributed by atoms with E-state index >= 15 is 0 Å². The molecule has 10 nitrogen and oxygen atoms in total. The van der Waals surface area contributed by atoms with Gasteiger partial charge in [0.2, 0.25) is 11.9 Å². The molecular formula is C11H17N7O3. The Labute approximate surface area is 120 Å². The third-order valence-electron chi connectivity index (χ3n) is 2.84. The zero-order chi connectivity index (χ0) is 15.3. The van der Waals surface area contributed by atoms with E-state index in [0.29, 0.717) is 0 Å². The van der Waals surface area contributed by atoms with Crippen LogP contribution in [0.5, 0.6) is 0 Å². The molecule has 0 spiro atoms. The molecule has 0 amide bonds. The van der Waals surface area contributed by atoms with Crippen LogP contribution in [-0.4, -0.2) is 72.5 Å². The van der Waals surface area contributed by atoms with Crippen LogP contribution in [0.2, 0.25) is 0 Å². The van der Waals surface area contributed by atoms with Gasteiger partial charge in [-0.2, -0.15) is 20.1 Å². The molecule has 0 saturated heterocycles. The number of rotatable bonds is 7. The van der Waals surface area contributed by atoms with Crippen LogP contribution in [0, 0.1) is 0 Å². The molecular weight excluding hydrogens is 278 g/mol. The van der Waals surface area contributed by atoms with Crippen molar-refractivity contribution in [3.63, 3.8) is 0 Å². The quantitative estimate of drug-likeness (QED) is 0.401. The van der Waals surface area contributed by atoms with Crippen LogP contribution in [0.1, 0.15) is 0 Å². The lowest BCUT2D eigenvalue weighted by Crippen LogP contribution is -2.49. The normalized spacial score (nSPS) is 11.4. The molecule has 0 saturated carbocycles. The molecule has 10 heteroatoms. The zero-order valence-corrected chi connectivity index (χ0v) is 11.4. The second-order valence-electron chi connectivity index (χ2n) is 4.36. The number of aliphatic hydroxyl groups excluding tert-OH is 3. The Bertz CT molecular complexity index is 563. The number of hydrogen-bond acceptors (Lipinski definition) is 9. The average Bonchev–Trinajstić information content (AvgIpc) is 3.07. The average molecular weight is 295 g/mol. The Morgan fingerprint density at radius 3 is 2.29 bits per heavy atom. The van der Waals surface area contributed by atoms with Gasteiger partial charge in [-0.3, -0.25) is 0 Å². The first kappa shape index (κ1) is 15.1. The fourth-order valence-corrected chi connectivity index (χ4v) is 1.53. The lowest BCUT2D eigenvalue weighted by molar-refractivity contribution is 0.0828. The third kappa shape index (κ3) is 3.24. The smallest absolute Gasteiger partial charge is 0.257 e. The van der Waals surface area contributed by atoms with Crippen LogP contribution in [0.15, 0.2) is 18.5 Å². The number of aliphatic hydroxyl groups is 3. The second-order valence-corrected chi connectivity index (χ2v) is 4.36. The standard InChI is InChI=1S/C11H17N7O3/c1-12-8-14-9(17-11(5-19,6-20)7-21)16-10(15-8)18-4-2-3-13-18/h2-4,19-21H,5-7H2,1H3,(H2,12,14,15,16,17). The number of nitrogens with zero attached hydrogens (tertiary/aromatic N) is 5. The highest BCUT2D eigenvalue weighted by Gasteiger charge is 2.29. The topological polar surface area (TPSA) is 141 Å². The SMILES string of the molecule is CNc1nc(NC(CO)(CO)CO)nc(-n2cccn2)n1. The highest BCUT2D eigenvalue weighted by Crippen LogP contribution is 2.14. The van der Waals surface area contributed by atoms with Gasteiger partial charge in [0, 0.05) is 19.4 Å². The Kier molecular flexibility index (Phi) is 4.62. The van der Waals surface area contributed by atoms with Crippen LogP contribution >= 0.6 is 0 Å². The van der Waals surface area contributed by atoms with Crippen molar-refractivity contribution in [3.05, 3.63) is 18.5 Å². The van der Waals surface area contributed by atoms with Crippen LogP contribution in [-0.2, 0) is 0 Å². The number of anilines is 2. The fraction of sp³-hybridized carbons (Fsp3) is 0.455. The van der Waals surface area contributed by atoms with E-state index in [-0.39, 0.29) is 17.8 Å². The second kappa shape index (κ2) is 6.43. The summed E-state index contributed by atoms with van der Waals surface area (Å²) in [5.41, 5.74) is -1.33. The molecule has 21 heavy (non-hydrogen) atoms. The van der Waals surface area contributed by atoms with Crippen LogP contribution in [0.3, 0.4) is 0 Å². The maximum absolute atomic E-state index is 9.33. The Morgan fingerprint density at radius 2 is 1.76 bits per heavy atom. The van der Waals surface area contributed by atoms with Gasteiger partial charge >= 0.3 is 0 Å². The Balaban J connectivity index is 2.37.